The molecule has 1 heterocycles. The third-order valence-electron chi connectivity index (χ3n) is 1.12. The zero-order valence-electron chi connectivity index (χ0n) is 5.26. The molecule has 0 saturated carbocycles. The summed E-state index contributed by atoms with van der Waals surface area (Å²) in [7, 11) is 0. The fourth-order valence-electron chi connectivity index (χ4n) is 0.518. The fourth-order valence-corrected chi connectivity index (χ4v) is 0.987. The Morgan fingerprint density at radius 2 is 2.22 bits per heavy atom. The first-order valence-electron chi connectivity index (χ1n) is 2.54. The van der Waals surface area contributed by atoms with E-state index in [4.69, 9.17) is 0 Å². The molecule has 1 rings (SSSR count). The van der Waals surface area contributed by atoms with Crippen molar-refractivity contribution in [2.45, 2.75) is 6.92 Å². The fraction of sp³-hybridized carbons (Fsp3) is 0.167. The van der Waals surface area contributed by atoms with Crippen LogP contribution in [0.5, 0.6) is 0 Å². The summed E-state index contributed by atoms with van der Waals surface area (Å²) in [4.78, 5) is 4.13. The number of aromatic nitrogens is 1. The molecule has 0 radical (unpaired) electrons. The van der Waals surface area contributed by atoms with Crippen LogP contribution in [0.4, 0.5) is 0 Å². The van der Waals surface area contributed by atoms with Gasteiger partial charge in [-0.05, 0) is 0 Å². The average molecular weight is 237 g/mol. The van der Waals surface area contributed by atoms with E-state index in [1.807, 2.05) is 12.3 Å². The minimum absolute atomic E-state index is 0. The van der Waals surface area contributed by atoms with Crippen LogP contribution in [0.3, 0.4) is 0 Å². The van der Waals surface area contributed by atoms with Gasteiger partial charge in [-0.25, -0.2) is 0 Å². The minimum atomic E-state index is 0. The van der Waals surface area contributed by atoms with E-state index in [9.17, 15) is 0 Å². The predicted molar refractivity (Wildman–Crippen MR) is 28.6 cm³/mol. The maximum absolute atomic E-state index is 4.13. The van der Waals surface area contributed by atoms with Crippen molar-refractivity contribution in [3.63, 3.8) is 0 Å². The standard InChI is InChI=1S/C6H6N.BrH.Zn/c1-6-3-2-4-7-5-6;;/h2-4H,1H3;1H;/q;;+1/p-1. The van der Waals surface area contributed by atoms with E-state index in [-0.39, 0.29) is 17.0 Å². The van der Waals surface area contributed by atoms with Crippen LogP contribution < -0.4 is 21.3 Å². The Hall–Kier alpha value is 0.253. The van der Waals surface area contributed by atoms with Gasteiger partial charge in [-0.2, -0.15) is 0 Å². The third-order valence-corrected chi connectivity index (χ3v) is 2.67. The molecule has 0 saturated heterocycles. The summed E-state index contributed by atoms with van der Waals surface area (Å²) in [5, 5.41) is 0. The first-order chi connectivity index (χ1) is 3.80. The second-order valence-electron chi connectivity index (χ2n) is 1.77. The Morgan fingerprint density at radius 1 is 1.56 bits per heavy atom. The second-order valence-corrected chi connectivity index (χ2v) is 3.17. The molecule has 0 atom stereocenters. The molecule has 0 aliphatic carbocycles. The van der Waals surface area contributed by atoms with Crippen molar-refractivity contribution in [3.8, 4) is 0 Å². The Kier molecular flexibility index (Phi) is 4.25. The molecule has 44 valence electrons. The van der Waals surface area contributed by atoms with Gasteiger partial charge in [-0.1, -0.05) is 0 Å². The van der Waals surface area contributed by atoms with E-state index in [1.165, 1.54) is 9.85 Å². The number of hydrogen-bond donors (Lipinski definition) is 0. The van der Waals surface area contributed by atoms with E-state index >= 15 is 0 Å². The van der Waals surface area contributed by atoms with E-state index in [2.05, 4.69) is 18.0 Å². The van der Waals surface area contributed by atoms with Gasteiger partial charge in [-0.3, -0.25) is 0 Å². The van der Waals surface area contributed by atoms with Crippen LogP contribution in [0.25, 0.3) is 0 Å². The minimum Gasteiger partial charge on any atom is -1.00 e. The zero-order chi connectivity index (χ0) is 5.98. The Balaban J connectivity index is 0.000000640. The maximum atomic E-state index is 4.13. The molecule has 1 aromatic heterocycles. The number of hydrogen-bond acceptors (Lipinski definition) is 1. The monoisotopic (exact) mass is 235 g/mol. The van der Waals surface area contributed by atoms with E-state index in [0.29, 0.717) is 0 Å². The molecule has 1 nitrogen and oxygen atoms in total. The molecule has 0 unspecified atom stereocenters. The van der Waals surface area contributed by atoms with E-state index < -0.39 is 0 Å². The van der Waals surface area contributed by atoms with Gasteiger partial charge in [0.1, 0.15) is 0 Å². The van der Waals surface area contributed by atoms with Gasteiger partial charge in [0.15, 0.2) is 0 Å². The largest absolute Gasteiger partial charge is 1.00 e. The van der Waals surface area contributed by atoms with E-state index in [0.717, 1.165) is 18.3 Å². The summed E-state index contributed by atoms with van der Waals surface area (Å²) in [5.74, 6) is 0. The van der Waals surface area contributed by atoms with Crippen LogP contribution in [0, 0.1) is 6.92 Å². The Labute approximate surface area is 75.3 Å². The molecule has 1 aromatic rings. The van der Waals surface area contributed by atoms with Gasteiger partial charge in [0.2, 0.25) is 0 Å². The van der Waals surface area contributed by atoms with Gasteiger partial charge < -0.3 is 17.0 Å². The SMILES string of the molecule is Cc1cccn[c]1[Zn+].[Br-]. The average Bonchev–Trinajstić information content (AvgIpc) is 1.77. The van der Waals surface area contributed by atoms with Gasteiger partial charge >= 0.3 is 58.4 Å². The van der Waals surface area contributed by atoms with Crippen molar-refractivity contribution in [3.05, 3.63) is 23.9 Å². The second kappa shape index (κ2) is 4.13. The Morgan fingerprint density at radius 3 is 2.56 bits per heavy atom. The summed E-state index contributed by atoms with van der Waals surface area (Å²) in [6, 6.07) is 4.06. The zero-order valence-corrected chi connectivity index (χ0v) is 9.82. The molecule has 9 heavy (non-hydrogen) atoms. The van der Waals surface area contributed by atoms with Crippen molar-refractivity contribution in [1.29, 1.82) is 0 Å². The molecule has 0 N–H and O–H groups in total. The number of aryl methyl sites for hydroxylation is 1. The van der Waals surface area contributed by atoms with Crippen LogP contribution in [0.1, 0.15) is 5.56 Å². The topological polar surface area (TPSA) is 12.9 Å². The predicted octanol–water partition coefficient (Wildman–Crippen LogP) is -2.43. The summed E-state index contributed by atoms with van der Waals surface area (Å²) in [6.45, 7) is 2.09. The molecule has 0 aliphatic rings. The molecule has 0 bridgehead atoms. The number of rotatable bonds is 0. The van der Waals surface area contributed by atoms with Crippen molar-refractivity contribution < 1.29 is 35.3 Å². The maximum Gasteiger partial charge on any atom is -1.00 e. The molecule has 0 spiro atoms. The number of halogens is 1. The smallest absolute Gasteiger partial charge is 1.00 e. The quantitative estimate of drug-likeness (QED) is 0.457. The van der Waals surface area contributed by atoms with Crippen molar-refractivity contribution in [2.75, 3.05) is 0 Å². The molecule has 0 amide bonds. The van der Waals surface area contributed by atoms with Crippen LogP contribution in [0.15, 0.2) is 18.3 Å². The first kappa shape index (κ1) is 9.25. The normalized spacial score (nSPS) is 8.33. The summed E-state index contributed by atoms with van der Waals surface area (Å²) in [6.07, 6.45) is 1.84. The molecular weight excluding hydrogens is 231 g/mol. The van der Waals surface area contributed by atoms with Crippen molar-refractivity contribution in [1.82, 2.24) is 4.98 Å². The molecule has 3 heteroatoms. The third kappa shape index (κ3) is 2.55. The first-order valence-corrected chi connectivity index (χ1v) is 4.02. The van der Waals surface area contributed by atoms with Gasteiger partial charge in [0.25, 0.3) is 0 Å². The van der Waals surface area contributed by atoms with Crippen LogP contribution in [-0.2, 0) is 18.3 Å². The summed E-state index contributed by atoms with van der Waals surface area (Å²) >= 11 is 1.16. The van der Waals surface area contributed by atoms with Crippen LogP contribution in [0.2, 0.25) is 0 Å². The van der Waals surface area contributed by atoms with Crippen LogP contribution >= 0.6 is 0 Å². The number of pyridine rings is 1. The molecule has 0 aromatic carbocycles. The number of nitrogens with zero attached hydrogens (tertiary/aromatic N) is 1. The van der Waals surface area contributed by atoms with Crippen molar-refractivity contribution in [2.24, 2.45) is 0 Å². The molecular formula is C6H6BrNZn. The van der Waals surface area contributed by atoms with Gasteiger partial charge in [0, 0.05) is 0 Å². The van der Waals surface area contributed by atoms with Crippen LogP contribution in [-0.4, -0.2) is 4.98 Å². The Bertz CT molecular complexity index is 169. The van der Waals surface area contributed by atoms with Crippen molar-refractivity contribution >= 4 is 4.29 Å². The molecule has 0 aliphatic heterocycles. The summed E-state index contributed by atoms with van der Waals surface area (Å²) < 4.78 is 1.24. The molecule has 0 fully saturated rings. The van der Waals surface area contributed by atoms with Gasteiger partial charge in [-0.15, -0.1) is 0 Å². The van der Waals surface area contributed by atoms with Gasteiger partial charge in [0.05, 0.1) is 0 Å². The van der Waals surface area contributed by atoms with E-state index in [1.54, 1.807) is 0 Å². The summed E-state index contributed by atoms with van der Waals surface area (Å²) in [5.41, 5.74) is 1.31.